The summed E-state index contributed by atoms with van der Waals surface area (Å²) in [4.78, 5) is 19.4. The molecule has 0 aliphatic carbocycles. The van der Waals surface area contributed by atoms with Crippen molar-refractivity contribution in [1.82, 2.24) is 19.7 Å². The number of rotatable bonds is 6. The van der Waals surface area contributed by atoms with Crippen LogP contribution in [0.15, 0.2) is 70.0 Å². The standard InChI is InChI=1S/C32H32N4O4/c1-5-9-27-33-29-24(32(3,4)38)11-8-12-25(29)36(27)17-20-14-15-22-21(16-20)18-39-26-13-7-6-10-23(26)28(22)19(2)30-34-31(37)40-35-30/h6-8,10-16,38H,5,9,17-18H2,1-4H3,(H,34,35,37)/b28-19+. The second-order valence-corrected chi connectivity index (χ2v) is 10.8. The normalized spacial score (nSPS) is 14.4. The van der Waals surface area contributed by atoms with Crippen LogP contribution < -0.4 is 10.5 Å². The first-order valence-electron chi connectivity index (χ1n) is 13.6. The molecule has 0 spiro atoms. The number of allylic oxidation sites excluding steroid dienone is 1. The van der Waals surface area contributed by atoms with Crippen molar-refractivity contribution in [1.29, 1.82) is 0 Å². The van der Waals surface area contributed by atoms with E-state index >= 15 is 0 Å². The van der Waals surface area contributed by atoms with E-state index in [0.717, 1.165) is 74.4 Å². The maximum Gasteiger partial charge on any atom is 0.439 e. The highest BCUT2D eigenvalue weighted by molar-refractivity contribution is 5.99. The van der Waals surface area contributed by atoms with E-state index in [1.165, 1.54) is 0 Å². The smallest absolute Gasteiger partial charge is 0.439 e. The topological polar surface area (TPSA) is 106 Å². The zero-order valence-electron chi connectivity index (χ0n) is 23.1. The highest BCUT2D eigenvalue weighted by Gasteiger charge is 2.25. The summed E-state index contributed by atoms with van der Waals surface area (Å²) in [7, 11) is 0. The Morgan fingerprint density at radius 1 is 1.10 bits per heavy atom. The first-order chi connectivity index (χ1) is 19.2. The minimum absolute atomic E-state index is 0.392. The predicted octanol–water partition coefficient (Wildman–Crippen LogP) is 5.81. The lowest BCUT2D eigenvalue weighted by Gasteiger charge is -2.18. The van der Waals surface area contributed by atoms with Crippen LogP contribution in [0.2, 0.25) is 0 Å². The van der Waals surface area contributed by atoms with E-state index in [0.29, 0.717) is 19.0 Å². The summed E-state index contributed by atoms with van der Waals surface area (Å²) < 4.78 is 13.3. The molecular weight excluding hydrogens is 504 g/mol. The van der Waals surface area contributed by atoms with E-state index in [-0.39, 0.29) is 0 Å². The van der Waals surface area contributed by atoms with E-state index in [4.69, 9.17) is 14.2 Å². The van der Waals surface area contributed by atoms with Gasteiger partial charge in [0, 0.05) is 29.7 Å². The second-order valence-electron chi connectivity index (χ2n) is 10.8. The first-order valence-corrected chi connectivity index (χ1v) is 13.6. The largest absolute Gasteiger partial charge is 0.488 e. The van der Waals surface area contributed by atoms with Gasteiger partial charge in [-0.3, -0.25) is 9.51 Å². The number of imidazole rings is 1. The Hall–Kier alpha value is -4.43. The number of benzene rings is 3. The Balaban J connectivity index is 1.47. The molecule has 1 aliphatic heterocycles. The van der Waals surface area contributed by atoms with Gasteiger partial charge >= 0.3 is 5.76 Å². The minimum atomic E-state index is -0.993. The number of hydrogen-bond acceptors (Lipinski definition) is 6. The highest BCUT2D eigenvalue weighted by Crippen LogP contribution is 2.40. The molecule has 2 N–H and O–H groups in total. The molecule has 0 saturated carbocycles. The van der Waals surface area contributed by atoms with E-state index in [1.807, 2.05) is 43.3 Å². The Kier molecular flexibility index (Phi) is 6.43. The Bertz CT molecular complexity index is 1820. The quantitative estimate of drug-likeness (QED) is 0.284. The van der Waals surface area contributed by atoms with Crippen LogP contribution >= 0.6 is 0 Å². The zero-order valence-corrected chi connectivity index (χ0v) is 23.1. The van der Waals surface area contributed by atoms with Gasteiger partial charge in [-0.1, -0.05) is 54.5 Å². The van der Waals surface area contributed by atoms with Crippen LogP contribution in [-0.4, -0.2) is 24.8 Å². The van der Waals surface area contributed by atoms with Crippen molar-refractivity contribution in [3.05, 3.63) is 111 Å². The molecule has 0 radical (unpaired) electrons. The minimum Gasteiger partial charge on any atom is -0.488 e. The molecule has 0 atom stereocenters. The molecule has 204 valence electrons. The molecule has 6 rings (SSSR count). The van der Waals surface area contributed by atoms with Gasteiger partial charge in [0.2, 0.25) is 0 Å². The van der Waals surface area contributed by atoms with Gasteiger partial charge in [0.1, 0.15) is 18.2 Å². The number of fused-ring (bicyclic) bond motifs is 3. The molecule has 2 aromatic heterocycles. The summed E-state index contributed by atoms with van der Waals surface area (Å²) in [5.74, 6) is 1.57. The third kappa shape index (κ3) is 4.54. The van der Waals surface area contributed by atoms with Gasteiger partial charge in [0.15, 0.2) is 5.82 Å². The number of hydrogen-bond donors (Lipinski definition) is 2. The molecule has 0 amide bonds. The molecule has 40 heavy (non-hydrogen) atoms. The number of aromatic amines is 1. The van der Waals surface area contributed by atoms with Crippen LogP contribution in [0.3, 0.4) is 0 Å². The number of H-pyrrole nitrogens is 1. The molecule has 0 saturated heterocycles. The van der Waals surface area contributed by atoms with Gasteiger partial charge in [-0.2, -0.15) is 0 Å². The van der Waals surface area contributed by atoms with E-state index in [2.05, 4.69) is 45.9 Å². The molecule has 8 heteroatoms. The number of para-hydroxylation sites is 2. The third-order valence-electron chi connectivity index (χ3n) is 7.48. The lowest BCUT2D eigenvalue weighted by Crippen LogP contribution is -2.16. The summed E-state index contributed by atoms with van der Waals surface area (Å²) in [6.45, 7) is 8.71. The number of ether oxygens (including phenoxy) is 1. The van der Waals surface area contributed by atoms with Crippen molar-refractivity contribution in [3.8, 4) is 5.75 Å². The molecular formula is C32H32N4O4. The molecule has 3 heterocycles. The molecule has 0 unspecified atom stereocenters. The molecule has 3 aromatic carbocycles. The number of aliphatic hydroxyl groups is 1. The van der Waals surface area contributed by atoms with Gasteiger partial charge in [0.05, 0.1) is 16.6 Å². The monoisotopic (exact) mass is 536 g/mol. The summed E-state index contributed by atoms with van der Waals surface area (Å²) in [5, 5.41) is 14.7. The van der Waals surface area contributed by atoms with Crippen molar-refractivity contribution in [2.75, 3.05) is 0 Å². The lowest BCUT2D eigenvalue weighted by atomic mass is 9.89. The predicted molar refractivity (Wildman–Crippen MR) is 154 cm³/mol. The Morgan fingerprint density at radius 2 is 1.93 bits per heavy atom. The highest BCUT2D eigenvalue weighted by atomic mass is 16.5. The molecule has 5 aromatic rings. The number of aryl methyl sites for hydroxylation is 1. The SMILES string of the molecule is CCCc1nc2c(C(C)(C)O)cccc2n1Cc1ccc2c(c1)COc1ccccc1/C2=C(\C)c1noc(=O)[nH]1. The van der Waals surface area contributed by atoms with Crippen molar-refractivity contribution in [3.63, 3.8) is 0 Å². The van der Waals surface area contributed by atoms with Crippen LogP contribution in [0.4, 0.5) is 0 Å². The molecule has 8 nitrogen and oxygen atoms in total. The van der Waals surface area contributed by atoms with Crippen LogP contribution in [0, 0.1) is 0 Å². The van der Waals surface area contributed by atoms with Crippen LogP contribution in [0.25, 0.3) is 22.2 Å². The number of nitrogens with one attached hydrogen (secondary N) is 1. The van der Waals surface area contributed by atoms with Crippen molar-refractivity contribution in [2.45, 2.75) is 59.3 Å². The summed E-state index contributed by atoms with van der Waals surface area (Å²) in [5.41, 5.74) is 7.51. The van der Waals surface area contributed by atoms with E-state index in [1.54, 1.807) is 13.8 Å². The maximum absolute atomic E-state index is 11.7. The average molecular weight is 537 g/mol. The van der Waals surface area contributed by atoms with Gasteiger partial charge in [-0.25, -0.2) is 9.78 Å². The number of nitrogens with zero attached hydrogens (tertiary/aromatic N) is 3. The first kappa shape index (κ1) is 25.8. The maximum atomic E-state index is 11.7. The zero-order chi connectivity index (χ0) is 28.0. The van der Waals surface area contributed by atoms with Gasteiger partial charge in [-0.05, 0) is 67.7 Å². The Labute approximate surface area is 231 Å². The summed E-state index contributed by atoms with van der Waals surface area (Å²) in [6.07, 6.45) is 1.81. The van der Waals surface area contributed by atoms with Crippen molar-refractivity contribution >= 4 is 22.2 Å². The lowest BCUT2D eigenvalue weighted by molar-refractivity contribution is 0.0800. The van der Waals surface area contributed by atoms with Crippen molar-refractivity contribution < 1.29 is 14.4 Å². The van der Waals surface area contributed by atoms with Gasteiger partial charge in [-0.15, -0.1) is 0 Å². The molecule has 1 aliphatic rings. The number of aromatic nitrogens is 4. The van der Waals surface area contributed by atoms with E-state index < -0.39 is 11.4 Å². The fourth-order valence-corrected chi connectivity index (χ4v) is 5.58. The van der Waals surface area contributed by atoms with Gasteiger partial charge < -0.3 is 14.4 Å². The van der Waals surface area contributed by atoms with Crippen LogP contribution in [0.5, 0.6) is 5.75 Å². The fourth-order valence-electron chi connectivity index (χ4n) is 5.58. The molecule has 0 fully saturated rings. The van der Waals surface area contributed by atoms with E-state index in [9.17, 15) is 9.90 Å². The summed E-state index contributed by atoms with van der Waals surface area (Å²) in [6, 6.07) is 20.3. The molecule has 0 bridgehead atoms. The third-order valence-corrected chi connectivity index (χ3v) is 7.48. The average Bonchev–Trinajstić information content (AvgIpc) is 3.47. The van der Waals surface area contributed by atoms with Crippen LogP contribution in [0.1, 0.15) is 73.6 Å². The fraction of sp³-hybridized carbons (Fsp3) is 0.281. The van der Waals surface area contributed by atoms with Crippen molar-refractivity contribution in [2.24, 2.45) is 0 Å². The van der Waals surface area contributed by atoms with Gasteiger partial charge in [0.25, 0.3) is 0 Å². The van der Waals surface area contributed by atoms with Crippen LogP contribution in [-0.2, 0) is 25.2 Å². The summed E-state index contributed by atoms with van der Waals surface area (Å²) >= 11 is 0. The Morgan fingerprint density at radius 3 is 2.67 bits per heavy atom. The second kappa shape index (κ2) is 9.95.